The molecule has 184 valence electrons. The summed E-state index contributed by atoms with van der Waals surface area (Å²) in [4.78, 5) is 45.8. The molecule has 2 fully saturated rings. The Labute approximate surface area is 209 Å². The van der Waals surface area contributed by atoms with E-state index in [-0.39, 0.29) is 17.7 Å². The Bertz CT molecular complexity index is 1220. The quantitative estimate of drug-likeness (QED) is 0.597. The molecular formula is C25H31N7O2S. The molecule has 0 aliphatic carbocycles. The fourth-order valence-corrected chi connectivity index (χ4v) is 5.61. The van der Waals surface area contributed by atoms with Crippen LogP contribution in [0.15, 0.2) is 24.3 Å². The summed E-state index contributed by atoms with van der Waals surface area (Å²) >= 11 is 1.42. The number of likely N-dealkylation sites (N-methyl/N-ethyl adjacent to an activating group) is 1. The SMILES string of the molecule is Cc1cc(C)nc(N2CCC(C(=O)Nc3nc4ccc(C(=O)N5CCN(C)CC5)cc4s3)CC2)n1. The minimum absolute atomic E-state index is 0.00113. The number of aromatic nitrogens is 3. The molecule has 2 aliphatic heterocycles. The maximum Gasteiger partial charge on any atom is 0.253 e. The van der Waals surface area contributed by atoms with Crippen molar-refractivity contribution in [3.8, 4) is 0 Å². The number of piperidine rings is 1. The first-order valence-electron chi connectivity index (χ1n) is 12.1. The molecule has 4 heterocycles. The maximum atomic E-state index is 12.9. The zero-order valence-corrected chi connectivity index (χ0v) is 21.3. The molecule has 0 unspecified atom stereocenters. The number of carbonyl (C=O) groups excluding carboxylic acids is 2. The fourth-order valence-electron chi connectivity index (χ4n) is 4.70. The number of piperazine rings is 1. The highest BCUT2D eigenvalue weighted by atomic mass is 32.1. The number of thiazole rings is 1. The molecule has 2 amide bonds. The van der Waals surface area contributed by atoms with Crippen LogP contribution in [0.25, 0.3) is 10.2 Å². The Kier molecular flexibility index (Phi) is 6.66. The Morgan fingerprint density at radius 1 is 0.943 bits per heavy atom. The average molecular weight is 494 g/mol. The van der Waals surface area contributed by atoms with Gasteiger partial charge in [-0.25, -0.2) is 15.0 Å². The van der Waals surface area contributed by atoms with Gasteiger partial charge in [0.25, 0.3) is 5.91 Å². The molecule has 9 nitrogen and oxygen atoms in total. The van der Waals surface area contributed by atoms with Crippen LogP contribution < -0.4 is 10.2 Å². The lowest BCUT2D eigenvalue weighted by Crippen LogP contribution is -2.47. The number of hydrogen-bond donors (Lipinski definition) is 1. The molecule has 10 heteroatoms. The van der Waals surface area contributed by atoms with Crippen LogP contribution in [0, 0.1) is 19.8 Å². The molecule has 1 aromatic carbocycles. The third-order valence-corrected chi connectivity index (χ3v) is 7.71. The average Bonchev–Trinajstić information content (AvgIpc) is 3.25. The summed E-state index contributed by atoms with van der Waals surface area (Å²) in [6, 6.07) is 7.56. The Hall–Kier alpha value is -3.11. The van der Waals surface area contributed by atoms with Crippen LogP contribution in [0.5, 0.6) is 0 Å². The first-order chi connectivity index (χ1) is 16.9. The molecule has 0 radical (unpaired) electrons. The lowest BCUT2D eigenvalue weighted by Gasteiger charge is -2.32. The number of amides is 2. The van der Waals surface area contributed by atoms with E-state index in [1.54, 1.807) is 0 Å². The van der Waals surface area contributed by atoms with Gasteiger partial charge in [-0.3, -0.25) is 9.59 Å². The number of aryl methyl sites for hydroxylation is 2. The molecule has 1 N–H and O–H groups in total. The first kappa shape index (κ1) is 23.6. The number of anilines is 2. The Morgan fingerprint density at radius 3 is 2.31 bits per heavy atom. The topological polar surface area (TPSA) is 94.6 Å². The van der Waals surface area contributed by atoms with Crippen molar-refractivity contribution < 1.29 is 9.59 Å². The van der Waals surface area contributed by atoms with Crippen molar-refractivity contribution in [2.45, 2.75) is 26.7 Å². The fraction of sp³-hybridized carbons (Fsp3) is 0.480. The van der Waals surface area contributed by atoms with Crippen molar-refractivity contribution in [3.63, 3.8) is 0 Å². The largest absolute Gasteiger partial charge is 0.341 e. The number of hydrogen-bond acceptors (Lipinski definition) is 8. The van der Waals surface area contributed by atoms with Crippen LogP contribution in [0.1, 0.15) is 34.6 Å². The maximum absolute atomic E-state index is 12.9. The minimum Gasteiger partial charge on any atom is -0.341 e. The zero-order chi connectivity index (χ0) is 24.5. The smallest absolute Gasteiger partial charge is 0.253 e. The summed E-state index contributed by atoms with van der Waals surface area (Å²) in [6.07, 6.45) is 1.49. The van der Waals surface area contributed by atoms with E-state index in [1.165, 1.54) is 11.3 Å². The van der Waals surface area contributed by atoms with Crippen LogP contribution in [-0.2, 0) is 4.79 Å². The van der Waals surface area contributed by atoms with Crippen LogP contribution in [-0.4, -0.2) is 82.9 Å². The summed E-state index contributed by atoms with van der Waals surface area (Å²) in [5.41, 5.74) is 3.37. The van der Waals surface area contributed by atoms with Crippen LogP contribution in [0.2, 0.25) is 0 Å². The number of fused-ring (bicyclic) bond motifs is 1. The van der Waals surface area contributed by atoms with E-state index in [0.717, 1.165) is 79.7 Å². The van der Waals surface area contributed by atoms with Crippen LogP contribution in [0.4, 0.5) is 11.1 Å². The predicted octanol–water partition coefficient (Wildman–Crippen LogP) is 2.95. The van der Waals surface area contributed by atoms with Crippen LogP contribution in [0.3, 0.4) is 0 Å². The van der Waals surface area contributed by atoms with Crippen molar-refractivity contribution >= 4 is 44.4 Å². The van der Waals surface area contributed by atoms with Crippen molar-refractivity contribution in [2.75, 3.05) is 56.5 Å². The predicted molar refractivity (Wildman–Crippen MR) is 138 cm³/mol. The number of nitrogens with zero attached hydrogens (tertiary/aromatic N) is 6. The van der Waals surface area contributed by atoms with Gasteiger partial charge in [-0.15, -0.1) is 0 Å². The Balaban J connectivity index is 1.20. The molecule has 0 saturated carbocycles. The first-order valence-corrected chi connectivity index (χ1v) is 12.9. The van der Waals surface area contributed by atoms with E-state index in [4.69, 9.17) is 0 Å². The van der Waals surface area contributed by atoms with Gasteiger partial charge < -0.3 is 20.0 Å². The van der Waals surface area contributed by atoms with Gasteiger partial charge in [0.1, 0.15) is 0 Å². The summed E-state index contributed by atoms with van der Waals surface area (Å²) in [5, 5.41) is 3.59. The number of carbonyl (C=O) groups is 2. The van der Waals surface area contributed by atoms with Crippen molar-refractivity contribution in [3.05, 3.63) is 41.2 Å². The highest BCUT2D eigenvalue weighted by molar-refractivity contribution is 7.22. The second-order valence-electron chi connectivity index (χ2n) is 9.50. The van der Waals surface area contributed by atoms with Gasteiger partial charge in [-0.1, -0.05) is 11.3 Å². The second-order valence-corrected chi connectivity index (χ2v) is 10.5. The zero-order valence-electron chi connectivity index (χ0n) is 20.5. The Morgan fingerprint density at radius 2 is 1.63 bits per heavy atom. The lowest BCUT2D eigenvalue weighted by molar-refractivity contribution is -0.120. The monoisotopic (exact) mass is 493 g/mol. The van der Waals surface area contributed by atoms with Crippen LogP contribution >= 0.6 is 11.3 Å². The van der Waals surface area contributed by atoms with E-state index >= 15 is 0 Å². The van der Waals surface area contributed by atoms with E-state index < -0.39 is 0 Å². The highest BCUT2D eigenvalue weighted by Crippen LogP contribution is 2.29. The van der Waals surface area contributed by atoms with Crippen molar-refractivity contribution in [2.24, 2.45) is 5.92 Å². The molecule has 2 aromatic heterocycles. The molecule has 35 heavy (non-hydrogen) atoms. The van der Waals surface area contributed by atoms with Gasteiger partial charge in [-0.05, 0) is 58.0 Å². The standard InChI is InChI=1S/C25H31N7O2S/c1-16-14-17(2)27-24(26-16)32-8-6-18(7-9-32)22(33)29-25-28-20-5-4-19(15-21(20)35-25)23(34)31-12-10-30(3)11-13-31/h4-5,14-15,18H,6-13H2,1-3H3,(H,28,29,33). The van der Waals surface area contributed by atoms with Gasteiger partial charge >= 0.3 is 0 Å². The third-order valence-electron chi connectivity index (χ3n) is 6.78. The molecule has 0 spiro atoms. The van der Waals surface area contributed by atoms with Crippen molar-refractivity contribution in [1.82, 2.24) is 24.8 Å². The molecule has 0 bridgehead atoms. The normalized spacial score (nSPS) is 17.7. The number of nitrogens with one attached hydrogen (secondary N) is 1. The van der Waals surface area contributed by atoms with E-state index in [0.29, 0.717) is 10.7 Å². The van der Waals surface area contributed by atoms with Gasteiger partial charge in [0.15, 0.2) is 5.13 Å². The van der Waals surface area contributed by atoms with E-state index in [9.17, 15) is 9.59 Å². The van der Waals surface area contributed by atoms with Gasteiger partial charge in [-0.2, -0.15) is 0 Å². The van der Waals surface area contributed by atoms with E-state index in [2.05, 4.69) is 37.1 Å². The molecule has 5 rings (SSSR count). The second kappa shape index (κ2) is 9.87. The lowest BCUT2D eigenvalue weighted by atomic mass is 9.96. The summed E-state index contributed by atoms with van der Waals surface area (Å²) < 4.78 is 0.905. The molecule has 2 saturated heterocycles. The van der Waals surface area contributed by atoms with Gasteiger partial charge in [0.2, 0.25) is 11.9 Å². The highest BCUT2D eigenvalue weighted by Gasteiger charge is 2.27. The van der Waals surface area contributed by atoms with E-state index in [1.807, 2.05) is 43.0 Å². The third kappa shape index (κ3) is 5.28. The summed E-state index contributed by atoms with van der Waals surface area (Å²) in [6.45, 7) is 8.71. The minimum atomic E-state index is -0.0708. The van der Waals surface area contributed by atoms with Gasteiger partial charge in [0.05, 0.1) is 10.2 Å². The van der Waals surface area contributed by atoms with Crippen molar-refractivity contribution in [1.29, 1.82) is 0 Å². The summed E-state index contributed by atoms with van der Waals surface area (Å²) in [7, 11) is 2.07. The number of rotatable bonds is 4. The molecule has 2 aliphatic rings. The molecule has 0 atom stereocenters. The summed E-state index contributed by atoms with van der Waals surface area (Å²) in [5.74, 6) is 0.727. The van der Waals surface area contributed by atoms with Gasteiger partial charge in [0, 0.05) is 62.1 Å². The number of benzene rings is 1. The molecule has 3 aromatic rings. The molecular weight excluding hydrogens is 462 g/mol.